The van der Waals surface area contributed by atoms with Crippen molar-refractivity contribution in [1.29, 1.82) is 0 Å². The molecule has 0 saturated carbocycles. The molecule has 114 valence electrons. The Hall–Kier alpha value is -2.35. The number of pyridine rings is 1. The molecule has 3 rings (SSSR count). The minimum absolute atomic E-state index is 0.0727. The van der Waals surface area contributed by atoms with Crippen molar-refractivity contribution >= 4 is 39.8 Å². The molecule has 22 heavy (non-hydrogen) atoms. The lowest BCUT2D eigenvalue weighted by Gasteiger charge is -2.16. The Kier molecular flexibility index (Phi) is 4.10. The molecule has 2 amide bonds. The molecule has 2 aromatic rings. The maximum Gasteiger partial charge on any atom is 0.223 e. The van der Waals surface area contributed by atoms with Gasteiger partial charge in [0.25, 0.3) is 0 Å². The van der Waals surface area contributed by atoms with Gasteiger partial charge in [-0.25, -0.2) is 9.97 Å². The molecule has 7 nitrogen and oxygen atoms in total. The lowest BCUT2D eigenvalue weighted by molar-refractivity contribution is -0.123. The Morgan fingerprint density at radius 1 is 1.59 bits per heavy atom. The summed E-state index contributed by atoms with van der Waals surface area (Å²) in [6.07, 6.45) is 3.08. The van der Waals surface area contributed by atoms with E-state index >= 15 is 0 Å². The monoisotopic (exact) mass is 318 g/mol. The molecule has 0 spiro atoms. The number of hydrogen-bond acceptors (Lipinski definition) is 6. The minimum atomic E-state index is -0.744. The first-order valence-electron chi connectivity index (χ1n) is 6.92. The van der Waals surface area contributed by atoms with Crippen LogP contribution in [0.5, 0.6) is 0 Å². The number of aromatic nitrogens is 2. The molecule has 0 radical (unpaired) electrons. The van der Waals surface area contributed by atoms with E-state index in [1.165, 1.54) is 11.3 Å². The van der Waals surface area contributed by atoms with Gasteiger partial charge in [-0.05, 0) is 25.0 Å². The molecule has 2 aromatic heterocycles. The standard InChI is InChI=1S/C14H14N4O3S/c19-7-17-10(6-8-3-5-15-12(8)21)11(20)14-18-9-2-1-4-16-13(9)22-14/h1-2,4,7-8,10H,3,5-6H2,(H,15,21)(H,17,19). The van der Waals surface area contributed by atoms with Crippen LogP contribution in [-0.2, 0) is 9.59 Å². The molecule has 8 heteroatoms. The average Bonchev–Trinajstić information content (AvgIpc) is 3.12. The number of thiazole rings is 1. The SMILES string of the molecule is O=CNC(CC1CCNC1=O)C(=O)c1nc2cccnc2s1. The molecule has 1 saturated heterocycles. The third kappa shape index (κ3) is 2.82. The van der Waals surface area contributed by atoms with Gasteiger partial charge >= 0.3 is 0 Å². The first-order chi connectivity index (χ1) is 10.7. The van der Waals surface area contributed by atoms with Gasteiger partial charge in [-0.2, -0.15) is 0 Å². The summed E-state index contributed by atoms with van der Waals surface area (Å²) in [5, 5.41) is 5.53. The predicted molar refractivity (Wildman–Crippen MR) is 80.5 cm³/mol. The number of fused-ring (bicyclic) bond motifs is 1. The first-order valence-corrected chi connectivity index (χ1v) is 7.74. The van der Waals surface area contributed by atoms with Crippen LogP contribution < -0.4 is 10.6 Å². The second kappa shape index (κ2) is 6.18. The summed E-state index contributed by atoms with van der Waals surface area (Å²) < 4.78 is 0. The predicted octanol–water partition coefficient (Wildman–Crippen LogP) is 0.515. The third-order valence-corrected chi connectivity index (χ3v) is 4.64. The molecule has 2 unspecified atom stereocenters. The van der Waals surface area contributed by atoms with Crippen molar-refractivity contribution in [3.8, 4) is 0 Å². The number of Topliss-reactive ketones (excluding diaryl/α,β-unsaturated/α-hetero) is 1. The highest BCUT2D eigenvalue weighted by Gasteiger charge is 2.31. The summed E-state index contributed by atoms with van der Waals surface area (Å²) in [6, 6.07) is 2.79. The van der Waals surface area contributed by atoms with Gasteiger partial charge in [-0.15, -0.1) is 0 Å². The van der Waals surface area contributed by atoms with E-state index in [9.17, 15) is 14.4 Å². The van der Waals surface area contributed by atoms with Crippen molar-refractivity contribution < 1.29 is 14.4 Å². The topological polar surface area (TPSA) is 101 Å². The van der Waals surface area contributed by atoms with E-state index in [1.54, 1.807) is 18.3 Å². The minimum Gasteiger partial charge on any atom is -0.356 e. The highest BCUT2D eigenvalue weighted by molar-refractivity contribution is 7.19. The fourth-order valence-electron chi connectivity index (χ4n) is 2.51. The summed E-state index contributed by atoms with van der Waals surface area (Å²) in [5.41, 5.74) is 0.652. The maximum atomic E-state index is 12.6. The van der Waals surface area contributed by atoms with Crippen LogP contribution in [0.25, 0.3) is 10.3 Å². The summed E-state index contributed by atoms with van der Waals surface area (Å²) in [7, 11) is 0. The van der Waals surface area contributed by atoms with E-state index in [-0.39, 0.29) is 24.0 Å². The molecule has 3 heterocycles. The van der Waals surface area contributed by atoms with Gasteiger partial charge < -0.3 is 10.6 Å². The second-order valence-electron chi connectivity index (χ2n) is 5.06. The number of rotatable bonds is 6. The summed E-state index contributed by atoms with van der Waals surface area (Å²) in [5.74, 6) is -0.611. The number of carbonyl (C=O) groups excluding carboxylic acids is 3. The van der Waals surface area contributed by atoms with E-state index in [1.807, 2.05) is 0 Å². The lowest BCUT2D eigenvalue weighted by Crippen LogP contribution is -2.38. The van der Waals surface area contributed by atoms with E-state index in [4.69, 9.17) is 0 Å². The smallest absolute Gasteiger partial charge is 0.223 e. The summed E-state index contributed by atoms with van der Waals surface area (Å²) in [4.78, 5) is 44.1. The van der Waals surface area contributed by atoms with Gasteiger partial charge in [0.15, 0.2) is 5.01 Å². The zero-order valence-electron chi connectivity index (χ0n) is 11.6. The van der Waals surface area contributed by atoms with Crippen LogP contribution in [-0.4, -0.2) is 40.7 Å². The number of carbonyl (C=O) groups is 3. The zero-order chi connectivity index (χ0) is 15.5. The highest BCUT2D eigenvalue weighted by atomic mass is 32.1. The number of nitrogens with one attached hydrogen (secondary N) is 2. The maximum absolute atomic E-state index is 12.6. The van der Waals surface area contributed by atoms with Crippen LogP contribution in [0.4, 0.5) is 0 Å². The molecular weight excluding hydrogens is 304 g/mol. The third-order valence-electron chi connectivity index (χ3n) is 3.65. The fraction of sp³-hybridized carbons (Fsp3) is 0.357. The molecular formula is C14H14N4O3S. The van der Waals surface area contributed by atoms with Crippen molar-refractivity contribution in [3.05, 3.63) is 23.3 Å². The van der Waals surface area contributed by atoms with Crippen LogP contribution in [0, 0.1) is 5.92 Å². The van der Waals surface area contributed by atoms with E-state index in [0.717, 1.165) is 0 Å². The van der Waals surface area contributed by atoms with Gasteiger partial charge in [-0.3, -0.25) is 14.4 Å². The van der Waals surface area contributed by atoms with Gasteiger partial charge in [0.1, 0.15) is 10.3 Å². The Morgan fingerprint density at radius 2 is 2.45 bits per heavy atom. The van der Waals surface area contributed by atoms with Gasteiger partial charge in [-0.1, -0.05) is 11.3 Å². The zero-order valence-corrected chi connectivity index (χ0v) is 12.4. The quantitative estimate of drug-likeness (QED) is 0.597. The van der Waals surface area contributed by atoms with Crippen LogP contribution in [0.15, 0.2) is 18.3 Å². The van der Waals surface area contributed by atoms with Crippen LogP contribution in [0.1, 0.15) is 22.6 Å². The molecule has 2 atom stereocenters. The summed E-state index contributed by atoms with van der Waals surface area (Å²) >= 11 is 1.19. The van der Waals surface area contributed by atoms with E-state index in [0.29, 0.717) is 34.7 Å². The normalized spacial score (nSPS) is 18.9. The van der Waals surface area contributed by atoms with Gasteiger partial charge in [0.05, 0.1) is 6.04 Å². The van der Waals surface area contributed by atoms with Gasteiger partial charge in [0, 0.05) is 18.7 Å². The van der Waals surface area contributed by atoms with Crippen molar-refractivity contribution in [1.82, 2.24) is 20.6 Å². The number of amides is 2. The largest absolute Gasteiger partial charge is 0.356 e. The Balaban J connectivity index is 1.82. The van der Waals surface area contributed by atoms with Crippen LogP contribution in [0.2, 0.25) is 0 Å². The number of hydrogen-bond donors (Lipinski definition) is 2. The van der Waals surface area contributed by atoms with Crippen molar-refractivity contribution in [2.75, 3.05) is 6.54 Å². The van der Waals surface area contributed by atoms with E-state index < -0.39 is 6.04 Å². The van der Waals surface area contributed by atoms with Crippen LogP contribution in [0.3, 0.4) is 0 Å². The molecule has 1 aliphatic heterocycles. The van der Waals surface area contributed by atoms with Crippen molar-refractivity contribution in [2.45, 2.75) is 18.9 Å². The molecule has 0 bridgehead atoms. The number of ketones is 1. The molecule has 2 N–H and O–H groups in total. The molecule has 1 fully saturated rings. The molecule has 0 aliphatic carbocycles. The van der Waals surface area contributed by atoms with Gasteiger partial charge in [0.2, 0.25) is 18.1 Å². The number of nitrogens with zero attached hydrogens (tertiary/aromatic N) is 2. The van der Waals surface area contributed by atoms with Crippen molar-refractivity contribution in [3.63, 3.8) is 0 Å². The second-order valence-corrected chi connectivity index (χ2v) is 6.04. The van der Waals surface area contributed by atoms with E-state index in [2.05, 4.69) is 20.6 Å². The Bertz CT molecular complexity index is 697. The fourth-order valence-corrected chi connectivity index (χ4v) is 3.41. The lowest BCUT2D eigenvalue weighted by atomic mass is 9.96. The van der Waals surface area contributed by atoms with Crippen molar-refractivity contribution in [2.24, 2.45) is 5.92 Å². The Labute approximate surface area is 130 Å². The highest BCUT2D eigenvalue weighted by Crippen LogP contribution is 2.23. The Morgan fingerprint density at radius 3 is 3.14 bits per heavy atom. The molecule has 1 aliphatic rings. The summed E-state index contributed by atoms with van der Waals surface area (Å²) in [6.45, 7) is 0.608. The van der Waals surface area contributed by atoms with Crippen LogP contribution >= 0.6 is 11.3 Å². The first kappa shape index (κ1) is 14.6. The average molecular weight is 318 g/mol. The molecule has 0 aromatic carbocycles.